The number of amidine groups is 1. The molecule has 5 aromatic rings. The van der Waals surface area contributed by atoms with E-state index < -0.39 is 0 Å². The fourth-order valence-corrected chi connectivity index (χ4v) is 6.66. The van der Waals surface area contributed by atoms with Crippen molar-refractivity contribution < 1.29 is 0 Å². The summed E-state index contributed by atoms with van der Waals surface area (Å²) in [6, 6.07) is 35.9. The van der Waals surface area contributed by atoms with Crippen molar-refractivity contribution in [2.75, 3.05) is 0 Å². The number of nitrogens with zero attached hydrogens (tertiary/aromatic N) is 4. The average Bonchev–Trinajstić information content (AvgIpc) is 3.36. The molecule has 4 nitrogen and oxygen atoms in total. The van der Waals surface area contributed by atoms with Crippen molar-refractivity contribution in [2.24, 2.45) is 20.9 Å². The van der Waals surface area contributed by atoms with Crippen LogP contribution in [0.2, 0.25) is 0 Å². The van der Waals surface area contributed by atoms with Crippen molar-refractivity contribution >= 4 is 50.7 Å². The highest BCUT2D eigenvalue weighted by Gasteiger charge is 2.20. The lowest BCUT2D eigenvalue weighted by atomic mass is 9.93. The normalized spacial score (nSPS) is 15.3. The summed E-state index contributed by atoms with van der Waals surface area (Å²) >= 11 is 0. The van der Waals surface area contributed by atoms with Crippen LogP contribution in [0.5, 0.6) is 0 Å². The number of allylic oxidation sites excluding steroid dienone is 3. The second kappa shape index (κ2) is 14.3. The summed E-state index contributed by atoms with van der Waals surface area (Å²) < 4.78 is 0. The number of benzene rings is 4. The number of hydrogen-bond donors (Lipinski definition) is 0. The van der Waals surface area contributed by atoms with Crippen molar-refractivity contribution in [1.29, 1.82) is 0 Å². The molecule has 0 amide bonds. The van der Waals surface area contributed by atoms with Gasteiger partial charge in [-0.15, -0.1) is 0 Å². The maximum absolute atomic E-state index is 5.22. The van der Waals surface area contributed by atoms with E-state index in [1.54, 1.807) is 0 Å². The van der Waals surface area contributed by atoms with Gasteiger partial charge in [0, 0.05) is 40.6 Å². The van der Waals surface area contributed by atoms with Gasteiger partial charge in [0.05, 0.1) is 16.9 Å². The summed E-state index contributed by atoms with van der Waals surface area (Å²) in [5.41, 5.74) is 13.6. The van der Waals surface area contributed by atoms with E-state index in [1.165, 1.54) is 24.0 Å². The topological polar surface area (TPSA) is 50.0 Å². The van der Waals surface area contributed by atoms with Crippen molar-refractivity contribution in [3.8, 4) is 0 Å². The monoisotopic (exact) mass is 638 g/mol. The summed E-state index contributed by atoms with van der Waals surface area (Å²) in [6.45, 7) is 10.9. The molecule has 49 heavy (non-hydrogen) atoms. The summed E-state index contributed by atoms with van der Waals surface area (Å²) in [5, 5.41) is 1.09. The van der Waals surface area contributed by atoms with E-state index in [4.69, 9.17) is 20.0 Å². The minimum Gasteiger partial charge on any atom is -0.254 e. The van der Waals surface area contributed by atoms with Gasteiger partial charge in [-0.1, -0.05) is 124 Å². The molecular weight excluding hydrogens is 597 g/mol. The maximum Gasteiger partial charge on any atom is 0.160 e. The first kappa shape index (κ1) is 32.1. The standard InChI is InChI=1S/C45H42N4/c1-30(2)42-27-26-40(41-25-24-37-19-12-28-46-43(37)44(41)49-42)38-17-11-18-39(29-38)45(47-31(3)33-13-7-5-8-14-33)48-32(4)34-20-22-36(23-21-34)35-15-9-6-10-16-35/h5,7-8,11-15,17-26,28-30H,4,6,9-10,16,27H2,1-3H3/b47-31+,48-45-. The van der Waals surface area contributed by atoms with Crippen LogP contribution in [-0.4, -0.2) is 22.2 Å². The van der Waals surface area contributed by atoms with Gasteiger partial charge < -0.3 is 0 Å². The Labute approximate surface area is 290 Å². The maximum atomic E-state index is 5.22. The van der Waals surface area contributed by atoms with Gasteiger partial charge >= 0.3 is 0 Å². The number of aromatic nitrogens is 1. The zero-order chi connectivity index (χ0) is 33.7. The van der Waals surface area contributed by atoms with Crippen LogP contribution in [0.1, 0.15) is 86.3 Å². The van der Waals surface area contributed by atoms with E-state index in [1.807, 2.05) is 37.4 Å². The zero-order valence-corrected chi connectivity index (χ0v) is 28.7. The Balaban J connectivity index is 1.30. The molecule has 2 aliphatic rings. The van der Waals surface area contributed by atoms with E-state index in [0.29, 0.717) is 17.5 Å². The van der Waals surface area contributed by atoms with Crippen molar-refractivity contribution in [1.82, 2.24) is 4.98 Å². The fourth-order valence-electron chi connectivity index (χ4n) is 6.66. The van der Waals surface area contributed by atoms with Crippen LogP contribution >= 0.6 is 0 Å². The molecule has 2 heterocycles. The molecule has 4 aromatic carbocycles. The molecule has 0 radical (unpaired) electrons. The first-order chi connectivity index (χ1) is 23.9. The molecular formula is C45H42N4. The zero-order valence-electron chi connectivity index (χ0n) is 28.7. The molecule has 0 N–H and O–H groups in total. The second-order valence-corrected chi connectivity index (χ2v) is 13.2. The smallest absolute Gasteiger partial charge is 0.160 e. The summed E-state index contributed by atoms with van der Waals surface area (Å²) in [5.74, 6) is 0.947. The minimum atomic E-state index is 0.322. The van der Waals surface area contributed by atoms with E-state index in [0.717, 1.165) is 80.7 Å². The van der Waals surface area contributed by atoms with Crippen LogP contribution in [0.4, 0.5) is 5.69 Å². The van der Waals surface area contributed by atoms with Crippen LogP contribution in [0, 0.1) is 5.92 Å². The lowest BCUT2D eigenvalue weighted by Gasteiger charge is -2.14. The molecule has 0 bridgehead atoms. The molecule has 242 valence electrons. The summed E-state index contributed by atoms with van der Waals surface area (Å²) in [7, 11) is 0. The van der Waals surface area contributed by atoms with Gasteiger partial charge in [-0.2, -0.15) is 0 Å². The van der Waals surface area contributed by atoms with Crippen LogP contribution in [0.3, 0.4) is 0 Å². The van der Waals surface area contributed by atoms with Gasteiger partial charge in [0.2, 0.25) is 0 Å². The van der Waals surface area contributed by atoms with E-state index in [-0.39, 0.29) is 0 Å². The molecule has 0 spiro atoms. The number of hydrogen-bond acceptors (Lipinski definition) is 3. The van der Waals surface area contributed by atoms with Gasteiger partial charge in [0.1, 0.15) is 0 Å². The molecule has 1 aliphatic carbocycles. The molecule has 0 saturated carbocycles. The van der Waals surface area contributed by atoms with Crippen LogP contribution in [0.15, 0.2) is 143 Å². The van der Waals surface area contributed by atoms with E-state index >= 15 is 0 Å². The number of fused-ring (bicyclic) bond motifs is 3. The van der Waals surface area contributed by atoms with Gasteiger partial charge in [-0.05, 0) is 84.1 Å². The molecule has 0 unspecified atom stereocenters. The van der Waals surface area contributed by atoms with Gasteiger partial charge in [-0.3, -0.25) is 9.98 Å². The first-order valence-corrected chi connectivity index (χ1v) is 17.4. The van der Waals surface area contributed by atoms with E-state index in [2.05, 4.69) is 111 Å². The third-order valence-electron chi connectivity index (χ3n) is 9.49. The molecule has 0 fully saturated rings. The molecule has 1 aliphatic heterocycles. The first-order valence-electron chi connectivity index (χ1n) is 17.4. The predicted octanol–water partition coefficient (Wildman–Crippen LogP) is 11.7. The molecule has 1 aromatic heterocycles. The fraction of sp³-hybridized carbons (Fsp3) is 0.200. The largest absolute Gasteiger partial charge is 0.254 e. The van der Waals surface area contributed by atoms with Gasteiger partial charge in [0.15, 0.2) is 5.84 Å². The van der Waals surface area contributed by atoms with Crippen LogP contribution in [-0.2, 0) is 0 Å². The average molecular weight is 639 g/mol. The summed E-state index contributed by atoms with van der Waals surface area (Å²) in [4.78, 5) is 20.3. The van der Waals surface area contributed by atoms with Gasteiger partial charge in [-0.25, -0.2) is 9.98 Å². The van der Waals surface area contributed by atoms with Crippen LogP contribution < -0.4 is 0 Å². The third-order valence-corrected chi connectivity index (χ3v) is 9.49. The molecule has 0 saturated heterocycles. The minimum absolute atomic E-state index is 0.322. The summed E-state index contributed by atoms with van der Waals surface area (Å²) in [6.07, 6.45) is 12.2. The predicted molar refractivity (Wildman–Crippen MR) is 209 cm³/mol. The Morgan fingerprint density at radius 1 is 0.755 bits per heavy atom. The highest BCUT2D eigenvalue weighted by atomic mass is 14.9. The second-order valence-electron chi connectivity index (χ2n) is 13.2. The van der Waals surface area contributed by atoms with Crippen molar-refractivity contribution in [3.05, 3.63) is 161 Å². The van der Waals surface area contributed by atoms with E-state index in [9.17, 15) is 0 Å². The number of rotatable bonds is 7. The molecule has 0 atom stereocenters. The van der Waals surface area contributed by atoms with Crippen LogP contribution in [0.25, 0.3) is 27.7 Å². The Morgan fingerprint density at radius 3 is 2.35 bits per heavy atom. The Hall–Kier alpha value is -5.48. The quantitative estimate of drug-likeness (QED) is 0.129. The molecule has 7 rings (SSSR count). The molecule has 4 heteroatoms. The Bertz CT molecular complexity index is 2180. The lowest BCUT2D eigenvalue weighted by molar-refractivity contribution is 0.742. The third kappa shape index (κ3) is 7.05. The number of aliphatic imine (C=N–C) groups is 3. The number of pyridine rings is 1. The highest BCUT2D eigenvalue weighted by Crippen LogP contribution is 2.39. The Kier molecular flexibility index (Phi) is 9.38. The SMILES string of the molecule is C=C(/N=C(\N=C(/C)c1ccccc1)c1cccc(C2=CCC(C(C)C)=Nc3c2ccc2cccnc32)c1)c1ccc(C2=CCCCC2)cc1. The highest BCUT2D eigenvalue weighted by molar-refractivity contribution is 6.13. The van der Waals surface area contributed by atoms with Crippen molar-refractivity contribution in [3.63, 3.8) is 0 Å². The van der Waals surface area contributed by atoms with Gasteiger partial charge in [0.25, 0.3) is 0 Å². The lowest BCUT2D eigenvalue weighted by Crippen LogP contribution is -2.05. The Morgan fingerprint density at radius 2 is 1.57 bits per heavy atom. The van der Waals surface area contributed by atoms with Crippen molar-refractivity contribution in [2.45, 2.75) is 52.9 Å².